The SMILES string of the molecule is COc1ccc(C2(O)CN(c3ccccc3)C3=[N+]2CCCS3)cc1. The zero-order valence-corrected chi connectivity index (χ0v) is 14.5. The fourth-order valence-corrected chi connectivity index (χ4v) is 4.59. The summed E-state index contributed by atoms with van der Waals surface area (Å²) < 4.78 is 7.40. The first kappa shape index (κ1) is 15.5. The summed E-state index contributed by atoms with van der Waals surface area (Å²) in [6.45, 7) is 1.40. The second-order valence-corrected chi connectivity index (χ2v) is 7.17. The van der Waals surface area contributed by atoms with Crippen molar-refractivity contribution in [3.05, 3.63) is 60.2 Å². The fraction of sp³-hybridized carbons (Fsp3) is 0.316. The number of amidine groups is 1. The van der Waals surface area contributed by atoms with Crippen LogP contribution in [-0.2, 0) is 5.72 Å². The molecule has 0 aromatic heterocycles. The highest BCUT2D eigenvalue weighted by Crippen LogP contribution is 2.37. The molecule has 2 aliphatic heterocycles. The van der Waals surface area contributed by atoms with Gasteiger partial charge in [0.25, 0.3) is 5.72 Å². The van der Waals surface area contributed by atoms with Crippen LogP contribution in [0.25, 0.3) is 0 Å². The Balaban J connectivity index is 1.77. The number of anilines is 1. The molecular weight excluding hydrogens is 320 g/mol. The molecule has 0 aliphatic carbocycles. The lowest BCUT2D eigenvalue weighted by Crippen LogP contribution is -2.41. The predicted molar refractivity (Wildman–Crippen MR) is 97.9 cm³/mol. The number of ether oxygens (including phenoxy) is 1. The van der Waals surface area contributed by atoms with Gasteiger partial charge in [-0.25, -0.2) is 9.48 Å². The smallest absolute Gasteiger partial charge is 0.316 e. The minimum absolute atomic E-state index is 0.533. The fourth-order valence-electron chi connectivity index (χ4n) is 3.41. The Bertz CT molecular complexity index is 761. The van der Waals surface area contributed by atoms with Gasteiger partial charge in [0.05, 0.1) is 13.7 Å². The summed E-state index contributed by atoms with van der Waals surface area (Å²) in [5.41, 5.74) is 1.02. The summed E-state index contributed by atoms with van der Waals surface area (Å²) in [7, 11) is 1.66. The lowest BCUT2D eigenvalue weighted by Gasteiger charge is -2.24. The largest absolute Gasteiger partial charge is 0.497 e. The molecule has 0 radical (unpaired) electrons. The minimum atomic E-state index is -1.01. The van der Waals surface area contributed by atoms with E-state index in [1.807, 2.05) is 54.2 Å². The second kappa shape index (κ2) is 6.15. The number of benzene rings is 2. The Morgan fingerprint density at radius 2 is 1.88 bits per heavy atom. The van der Waals surface area contributed by atoms with E-state index in [0.717, 1.165) is 40.9 Å². The molecule has 2 aromatic rings. The van der Waals surface area contributed by atoms with E-state index in [1.54, 1.807) is 7.11 Å². The van der Waals surface area contributed by atoms with Crippen LogP contribution in [0.15, 0.2) is 54.6 Å². The Morgan fingerprint density at radius 3 is 2.58 bits per heavy atom. The molecule has 1 atom stereocenters. The van der Waals surface area contributed by atoms with E-state index in [0.29, 0.717) is 6.54 Å². The first-order chi connectivity index (χ1) is 11.7. The molecule has 5 heteroatoms. The van der Waals surface area contributed by atoms with Crippen molar-refractivity contribution < 1.29 is 14.4 Å². The number of hydrogen-bond donors (Lipinski definition) is 1. The van der Waals surface area contributed by atoms with Gasteiger partial charge in [0.1, 0.15) is 11.4 Å². The predicted octanol–water partition coefficient (Wildman–Crippen LogP) is 2.87. The summed E-state index contributed by atoms with van der Waals surface area (Å²) in [6, 6.07) is 18.0. The Labute approximate surface area is 146 Å². The van der Waals surface area contributed by atoms with E-state index < -0.39 is 5.72 Å². The highest BCUT2D eigenvalue weighted by Gasteiger charge is 2.53. The van der Waals surface area contributed by atoms with Crippen LogP contribution >= 0.6 is 11.8 Å². The van der Waals surface area contributed by atoms with Crippen molar-refractivity contribution >= 4 is 22.6 Å². The number of hydrogen-bond acceptors (Lipinski definition) is 4. The minimum Gasteiger partial charge on any atom is -0.497 e. The van der Waals surface area contributed by atoms with E-state index in [2.05, 4.69) is 21.6 Å². The van der Waals surface area contributed by atoms with Gasteiger partial charge in [-0.05, 0) is 54.6 Å². The van der Waals surface area contributed by atoms with Crippen molar-refractivity contribution in [1.82, 2.24) is 0 Å². The zero-order valence-electron chi connectivity index (χ0n) is 13.7. The topological polar surface area (TPSA) is 35.7 Å². The lowest BCUT2D eigenvalue weighted by molar-refractivity contribution is -0.656. The lowest BCUT2D eigenvalue weighted by atomic mass is 10.0. The van der Waals surface area contributed by atoms with Crippen LogP contribution < -0.4 is 9.64 Å². The van der Waals surface area contributed by atoms with E-state index in [9.17, 15) is 5.11 Å². The molecule has 0 bridgehead atoms. The molecule has 2 heterocycles. The Kier molecular flexibility index (Phi) is 3.98. The molecule has 0 fully saturated rings. The maximum absolute atomic E-state index is 11.6. The highest BCUT2D eigenvalue weighted by atomic mass is 32.2. The third kappa shape index (κ3) is 2.48. The molecule has 4 rings (SSSR count). The van der Waals surface area contributed by atoms with Crippen molar-refractivity contribution in [2.45, 2.75) is 12.1 Å². The number of para-hydroxylation sites is 1. The van der Waals surface area contributed by atoms with E-state index in [-0.39, 0.29) is 0 Å². The molecule has 0 amide bonds. The number of nitrogens with zero attached hydrogens (tertiary/aromatic N) is 2. The van der Waals surface area contributed by atoms with Gasteiger partial charge >= 0.3 is 5.17 Å². The summed E-state index contributed by atoms with van der Waals surface area (Å²) in [5.74, 6) is 1.89. The average molecular weight is 341 g/mol. The number of β-amino-alcohol motifs (C(OH)–C–C–N with tert-alkyl or cyclic N) is 1. The quantitative estimate of drug-likeness (QED) is 0.871. The van der Waals surface area contributed by atoms with Gasteiger partial charge in [-0.1, -0.05) is 18.2 Å². The molecular formula is C19H21N2O2S+. The van der Waals surface area contributed by atoms with E-state index >= 15 is 0 Å². The molecule has 0 saturated carbocycles. The highest BCUT2D eigenvalue weighted by molar-refractivity contribution is 8.13. The number of rotatable bonds is 3. The maximum Gasteiger partial charge on any atom is 0.316 e. The van der Waals surface area contributed by atoms with Gasteiger partial charge < -0.3 is 9.84 Å². The van der Waals surface area contributed by atoms with Crippen molar-refractivity contribution in [3.8, 4) is 5.75 Å². The van der Waals surface area contributed by atoms with Crippen LogP contribution in [0.3, 0.4) is 0 Å². The van der Waals surface area contributed by atoms with Gasteiger partial charge in [-0.3, -0.25) is 0 Å². The average Bonchev–Trinajstić information content (AvgIpc) is 2.97. The van der Waals surface area contributed by atoms with Crippen LogP contribution in [0.5, 0.6) is 5.75 Å². The molecule has 0 saturated heterocycles. The third-order valence-electron chi connectivity index (χ3n) is 4.66. The summed E-state index contributed by atoms with van der Waals surface area (Å²) in [4.78, 5) is 2.23. The maximum atomic E-state index is 11.6. The van der Waals surface area contributed by atoms with Gasteiger partial charge in [0.2, 0.25) is 0 Å². The second-order valence-electron chi connectivity index (χ2n) is 6.10. The Morgan fingerprint density at radius 1 is 1.12 bits per heavy atom. The monoisotopic (exact) mass is 341 g/mol. The van der Waals surface area contributed by atoms with Crippen molar-refractivity contribution in [2.75, 3.05) is 30.9 Å². The molecule has 2 aliphatic rings. The molecule has 124 valence electrons. The van der Waals surface area contributed by atoms with Crippen LogP contribution in [0.2, 0.25) is 0 Å². The summed E-state index contributed by atoms with van der Waals surface area (Å²) >= 11 is 1.83. The van der Waals surface area contributed by atoms with E-state index in [4.69, 9.17) is 4.74 Å². The van der Waals surface area contributed by atoms with Gasteiger partial charge in [0, 0.05) is 11.3 Å². The first-order valence-corrected chi connectivity index (χ1v) is 9.18. The van der Waals surface area contributed by atoms with Crippen molar-refractivity contribution in [1.29, 1.82) is 0 Å². The summed E-state index contributed by atoms with van der Waals surface area (Å²) in [5, 5.41) is 12.7. The number of aliphatic hydroxyl groups is 1. The zero-order chi connectivity index (χ0) is 16.6. The Hall–Kier alpha value is -1.98. The van der Waals surface area contributed by atoms with Gasteiger partial charge in [0.15, 0.2) is 6.54 Å². The van der Waals surface area contributed by atoms with E-state index in [1.165, 1.54) is 0 Å². The number of thioether (sulfide) groups is 1. The molecule has 1 N–H and O–H groups in total. The molecule has 24 heavy (non-hydrogen) atoms. The van der Waals surface area contributed by atoms with Crippen LogP contribution in [0, 0.1) is 0 Å². The molecule has 2 aromatic carbocycles. The van der Waals surface area contributed by atoms with Gasteiger partial charge in [-0.15, -0.1) is 0 Å². The number of methoxy groups -OCH3 is 1. The van der Waals surface area contributed by atoms with Crippen LogP contribution in [0.1, 0.15) is 12.0 Å². The van der Waals surface area contributed by atoms with Crippen LogP contribution in [0.4, 0.5) is 5.69 Å². The van der Waals surface area contributed by atoms with Crippen LogP contribution in [-0.4, -0.2) is 40.8 Å². The molecule has 4 nitrogen and oxygen atoms in total. The standard InChI is InChI=1S/C19H21N2O2S/c1-23-17-10-8-15(9-11-17)19(22)14-20(16-6-3-2-4-7-16)18-21(19)12-5-13-24-18/h2-4,6-11,22H,5,12-14H2,1H3/q+1. The van der Waals surface area contributed by atoms with Gasteiger partial charge in [-0.2, -0.15) is 0 Å². The first-order valence-electron chi connectivity index (χ1n) is 8.19. The van der Waals surface area contributed by atoms with Crippen molar-refractivity contribution in [3.63, 3.8) is 0 Å². The molecule has 0 spiro atoms. The molecule has 1 unspecified atom stereocenters. The van der Waals surface area contributed by atoms with Crippen molar-refractivity contribution in [2.24, 2.45) is 0 Å². The third-order valence-corrected chi connectivity index (χ3v) is 5.86. The normalized spacial score (nSPS) is 23.3. The summed E-state index contributed by atoms with van der Waals surface area (Å²) in [6.07, 6.45) is 1.08.